The Kier molecular flexibility index (Phi) is 4.00. The Bertz CT molecular complexity index is 434. The molecular formula is C14H22N2O. The van der Waals surface area contributed by atoms with Crippen molar-refractivity contribution in [3.63, 3.8) is 0 Å². The van der Waals surface area contributed by atoms with Crippen LogP contribution in [0.25, 0.3) is 0 Å². The number of H-pyrrole nitrogens is 1. The normalized spacial score (nSPS) is 15.0. The van der Waals surface area contributed by atoms with E-state index >= 15 is 0 Å². The van der Waals surface area contributed by atoms with Gasteiger partial charge in [-0.1, -0.05) is 13.8 Å². The van der Waals surface area contributed by atoms with E-state index in [2.05, 4.69) is 30.2 Å². The second-order valence-electron chi connectivity index (χ2n) is 5.36. The second-order valence-corrected chi connectivity index (χ2v) is 5.36. The Balaban J connectivity index is 2.09. The Labute approximate surface area is 103 Å². The van der Waals surface area contributed by atoms with E-state index < -0.39 is 0 Å². The van der Waals surface area contributed by atoms with Gasteiger partial charge in [-0.25, -0.2) is 0 Å². The van der Waals surface area contributed by atoms with E-state index in [-0.39, 0.29) is 5.56 Å². The van der Waals surface area contributed by atoms with Gasteiger partial charge in [0, 0.05) is 17.8 Å². The SMILES string of the molecule is CC(C)CNCc1cc2c([nH]c1=O)CCCC2. The molecule has 0 radical (unpaired) electrons. The molecule has 1 aromatic heterocycles. The van der Waals surface area contributed by atoms with Crippen LogP contribution in [-0.2, 0) is 19.4 Å². The maximum absolute atomic E-state index is 11.9. The van der Waals surface area contributed by atoms with Gasteiger partial charge < -0.3 is 10.3 Å². The van der Waals surface area contributed by atoms with Crippen molar-refractivity contribution in [2.75, 3.05) is 6.54 Å². The Morgan fingerprint density at radius 3 is 2.88 bits per heavy atom. The van der Waals surface area contributed by atoms with Crippen molar-refractivity contribution in [3.8, 4) is 0 Å². The molecule has 0 spiro atoms. The van der Waals surface area contributed by atoms with Gasteiger partial charge in [-0.05, 0) is 49.8 Å². The first-order valence-corrected chi connectivity index (χ1v) is 6.61. The summed E-state index contributed by atoms with van der Waals surface area (Å²) in [5.74, 6) is 0.617. The Hall–Kier alpha value is -1.09. The van der Waals surface area contributed by atoms with E-state index in [1.807, 2.05) is 0 Å². The number of hydrogen-bond acceptors (Lipinski definition) is 2. The van der Waals surface area contributed by atoms with E-state index in [0.717, 1.165) is 30.6 Å². The lowest BCUT2D eigenvalue weighted by molar-refractivity contribution is 0.549. The lowest BCUT2D eigenvalue weighted by atomic mass is 9.95. The van der Waals surface area contributed by atoms with E-state index in [1.165, 1.54) is 18.4 Å². The molecule has 0 atom stereocenters. The molecule has 0 aromatic carbocycles. The summed E-state index contributed by atoms with van der Waals surface area (Å²) in [6.07, 6.45) is 4.60. The van der Waals surface area contributed by atoms with Gasteiger partial charge in [0.1, 0.15) is 0 Å². The van der Waals surface area contributed by atoms with E-state index in [0.29, 0.717) is 12.5 Å². The summed E-state index contributed by atoms with van der Waals surface area (Å²) in [6, 6.07) is 2.10. The molecule has 3 heteroatoms. The van der Waals surface area contributed by atoms with Crippen LogP contribution in [0.2, 0.25) is 0 Å². The quantitative estimate of drug-likeness (QED) is 0.837. The van der Waals surface area contributed by atoms with E-state index in [1.54, 1.807) is 0 Å². The lowest BCUT2D eigenvalue weighted by Crippen LogP contribution is -2.26. The zero-order chi connectivity index (χ0) is 12.3. The predicted molar refractivity (Wildman–Crippen MR) is 70.2 cm³/mol. The summed E-state index contributed by atoms with van der Waals surface area (Å²) in [5, 5.41) is 3.33. The Morgan fingerprint density at radius 2 is 2.12 bits per heavy atom. The van der Waals surface area contributed by atoms with Crippen LogP contribution in [0.1, 0.15) is 43.5 Å². The smallest absolute Gasteiger partial charge is 0.252 e. The highest BCUT2D eigenvalue weighted by atomic mass is 16.1. The first-order valence-electron chi connectivity index (χ1n) is 6.61. The van der Waals surface area contributed by atoms with Gasteiger partial charge in [0.2, 0.25) is 0 Å². The molecule has 0 bridgehead atoms. The summed E-state index contributed by atoms with van der Waals surface area (Å²) in [7, 11) is 0. The van der Waals surface area contributed by atoms with E-state index in [9.17, 15) is 4.79 Å². The van der Waals surface area contributed by atoms with Crippen LogP contribution in [0.5, 0.6) is 0 Å². The van der Waals surface area contributed by atoms with Crippen LogP contribution in [0, 0.1) is 5.92 Å². The largest absolute Gasteiger partial charge is 0.326 e. The fourth-order valence-corrected chi connectivity index (χ4v) is 2.35. The van der Waals surface area contributed by atoms with Gasteiger partial charge in [0.15, 0.2) is 0 Å². The number of hydrogen-bond donors (Lipinski definition) is 2. The molecule has 0 unspecified atom stereocenters. The molecule has 1 aliphatic rings. The maximum atomic E-state index is 11.9. The number of fused-ring (bicyclic) bond motifs is 1. The first kappa shape index (κ1) is 12.4. The predicted octanol–water partition coefficient (Wildman–Crippen LogP) is 2.00. The van der Waals surface area contributed by atoms with Gasteiger partial charge in [-0.2, -0.15) is 0 Å². The average molecular weight is 234 g/mol. The van der Waals surface area contributed by atoms with Crippen molar-refractivity contribution in [3.05, 3.63) is 33.2 Å². The third-order valence-electron chi connectivity index (χ3n) is 3.28. The number of aromatic amines is 1. The van der Waals surface area contributed by atoms with Crippen LogP contribution < -0.4 is 10.9 Å². The van der Waals surface area contributed by atoms with Crippen molar-refractivity contribution in [1.29, 1.82) is 0 Å². The minimum absolute atomic E-state index is 0.0851. The van der Waals surface area contributed by atoms with Gasteiger partial charge in [-0.3, -0.25) is 4.79 Å². The number of pyridine rings is 1. The van der Waals surface area contributed by atoms with E-state index in [4.69, 9.17) is 0 Å². The Morgan fingerprint density at radius 1 is 1.35 bits per heavy atom. The molecule has 2 N–H and O–H groups in total. The zero-order valence-corrected chi connectivity index (χ0v) is 10.8. The maximum Gasteiger partial charge on any atom is 0.252 e. The summed E-state index contributed by atoms with van der Waals surface area (Å²) in [5.41, 5.74) is 3.47. The number of nitrogens with one attached hydrogen (secondary N) is 2. The molecule has 0 saturated carbocycles. The molecule has 1 heterocycles. The number of rotatable bonds is 4. The highest BCUT2D eigenvalue weighted by molar-refractivity contribution is 5.27. The molecule has 2 rings (SSSR count). The standard InChI is InChI=1S/C14H22N2O/c1-10(2)8-15-9-12-7-11-5-3-4-6-13(11)16-14(12)17/h7,10,15H,3-6,8-9H2,1-2H3,(H,16,17). The molecule has 0 saturated heterocycles. The highest BCUT2D eigenvalue weighted by Crippen LogP contribution is 2.18. The van der Waals surface area contributed by atoms with Gasteiger partial charge >= 0.3 is 0 Å². The third kappa shape index (κ3) is 3.19. The van der Waals surface area contributed by atoms with Crippen molar-refractivity contribution < 1.29 is 0 Å². The van der Waals surface area contributed by atoms with Crippen LogP contribution >= 0.6 is 0 Å². The molecule has 3 nitrogen and oxygen atoms in total. The second kappa shape index (κ2) is 5.50. The van der Waals surface area contributed by atoms with Crippen molar-refractivity contribution in [2.45, 2.75) is 46.1 Å². The molecule has 94 valence electrons. The number of aromatic nitrogens is 1. The molecule has 17 heavy (non-hydrogen) atoms. The summed E-state index contributed by atoms with van der Waals surface area (Å²) >= 11 is 0. The lowest BCUT2D eigenvalue weighted by Gasteiger charge is -2.16. The molecule has 0 aliphatic heterocycles. The fraction of sp³-hybridized carbons (Fsp3) is 0.643. The van der Waals surface area contributed by atoms with Crippen molar-refractivity contribution in [2.24, 2.45) is 5.92 Å². The first-order chi connectivity index (χ1) is 8.16. The van der Waals surface area contributed by atoms with Crippen LogP contribution in [-0.4, -0.2) is 11.5 Å². The summed E-state index contributed by atoms with van der Waals surface area (Å²) in [4.78, 5) is 14.9. The third-order valence-corrected chi connectivity index (χ3v) is 3.28. The summed E-state index contributed by atoms with van der Waals surface area (Å²) < 4.78 is 0. The molecule has 0 amide bonds. The zero-order valence-electron chi connectivity index (χ0n) is 10.8. The topological polar surface area (TPSA) is 44.9 Å². The highest BCUT2D eigenvalue weighted by Gasteiger charge is 2.12. The minimum atomic E-state index is 0.0851. The van der Waals surface area contributed by atoms with Gasteiger partial charge in [0.05, 0.1) is 0 Å². The molecular weight excluding hydrogens is 212 g/mol. The average Bonchev–Trinajstić information content (AvgIpc) is 2.29. The van der Waals surface area contributed by atoms with Crippen LogP contribution in [0.3, 0.4) is 0 Å². The van der Waals surface area contributed by atoms with Crippen LogP contribution in [0.4, 0.5) is 0 Å². The fourth-order valence-electron chi connectivity index (χ4n) is 2.35. The van der Waals surface area contributed by atoms with Gasteiger partial charge in [0.25, 0.3) is 5.56 Å². The van der Waals surface area contributed by atoms with Gasteiger partial charge in [-0.15, -0.1) is 0 Å². The minimum Gasteiger partial charge on any atom is -0.326 e. The molecule has 1 aliphatic carbocycles. The van der Waals surface area contributed by atoms with Crippen molar-refractivity contribution in [1.82, 2.24) is 10.3 Å². The number of aryl methyl sites for hydroxylation is 2. The summed E-state index contributed by atoms with van der Waals surface area (Å²) in [6.45, 7) is 5.98. The monoisotopic (exact) mass is 234 g/mol. The van der Waals surface area contributed by atoms with Crippen LogP contribution in [0.15, 0.2) is 10.9 Å². The van der Waals surface area contributed by atoms with Crippen molar-refractivity contribution >= 4 is 0 Å². The molecule has 0 fully saturated rings. The molecule has 1 aromatic rings.